The first kappa shape index (κ1) is 25.7. The number of nitrogens with zero attached hydrogens (tertiary/aromatic N) is 2. The number of carbonyl (C=O) groups is 1. The molecule has 0 saturated carbocycles. The number of pyridine rings is 1. The van der Waals surface area contributed by atoms with Crippen LogP contribution >= 0.6 is 11.3 Å². The van der Waals surface area contributed by atoms with Gasteiger partial charge in [-0.1, -0.05) is 69.1 Å². The summed E-state index contributed by atoms with van der Waals surface area (Å²) in [6.07, 6.45) is 9.34. The number of ether oxygens (including phenoxy) is 1. The number of hydrogen-bond acceptors (Lipinski definition) is 6. The molecule has 0 fully saturated rings. The molecule has 2 heterocycles. The van der Waals surface area contributed by atoms with E-state index in [1.54, 1.807) is 0 Å². The summed E-state index contributed by atoms with van der Waals surface area (Å²) in [6.45, 7) is 4.78. The van der Waals surface area contributed by atoms with Gasteiger partial charge >= 0.3 is 4.87 Å². The molecule has 0 unspecified atom stereocenters. The Morgan fingerprint density at radius 1 is 1.03 bits per heavy atom. The molecule has 6 nitrogen and oxygen atoms in total. The first-order valence-electron chi connectivity index (χ1n) is 12.1. The van der Waals surface area contributed by atoms with Crippen LogP contribution in [0.25, 0.3) is 0 Å². The molecule has 182 valence electrons. The molecule has 0 bridgehead atoms. The summed E-state index contributed by atoms with van der Waals surface area (Å²) in [5.41, 5.74) is 3.15. The fourth-order valence-corrected chi connectivity index (χ4v) is 4.62. The predicted molar refractivity (Wildman–Crippen MR) is 136 cm³/mol. The number of aromatic nitrogens is 2. The third-order valence-electron chi connectivity index (χ3n) is 5.81. The molecular formula is C27H34N2O4S. The first-order valence-corrected chi connectivity index (χ1v) is 13.0. The summed E-state index contributed by atoms with van der Waals surface area (Å²) in [4.78, 5) is 29.3. The van der Waals surface area contributed by atoms with Crippen molar-refractivity contribution in [2.45, 2.75) is 71.6 Å². The summed E-state index contributed by atoms with van der Waals surface area (Å²) in [5.74, 6) is 0.196. The fourth-order valence-electron chi connectivity index (χ4n) is 3.71. The molecule has 0 atom stereocenters. The average molecular weight is 483 g/mol. The molecule has 0 aliphatic heterocycles. The number of carbonyl (C=O) groups excluding carboxylic acids is 1. The minimum absolute atomic E-state index is 0.226. The van der Waals surface area contributed by atoms with Gasteiger partial charge in [-0.3, -0.25) is 14.6 Å². The van der Waals surface area contributed by atoms with E-state index in [1.165, 1.54) is 5.56 Å². The van der Waals surface area contributed by atoms with Gasteiger partial charge in [0.2, 0.25) is 11.8 Å². The van der Waals surface area contributed by atoms with Gasteiger partial charge in [0, 0.05) is 31.2 Å². The van der Waals surface area contributed by atoms with Crippen molar-refractivity contribution in [3.63, 3.8) is 0 Å². The molecular weight excluding hydrogens is 448 g/mol. The van der Waals surface area contributed by atoms with E-state index in [0.29, 0.717) is 17.9 Å². The largest absolute Gasteiger partial charge is 0.493 e. The second-order valence-corrected chi connectivity index (χ2v) is 9.48. The van der Waals surface area contributed by atoms with Crippen LogP contribution < -0.4 is 9.61 Å². The molecule has 3 aromatic rings. The number of aromatic hydroxyl groups is 1. The van der Waals surface area contributed by atoms with Crippen LogP contribution in [0.1, 0.15) is 78.9 Å². The maximum Gasteiger partial charge on any atom is 0.317 e. The minimum atomic E-state index is -0.424. The van der Waals surface area contributed by atoms with Gasteiger partial charge in [0.05, 0.1) is 11.5 Å². The van der Waals surface area contributed by atoms with E-state index in [4.69, 9.17) is 4.74 Å². The molecule has 0 aliphatic rings. The maximum absolute atomic E-state index is 12.5. The van der Waals surface area contributed by atoms with Crippen molar-refractivity contribution >= 4 is 17.2 Å². The number of unbranched alkanes of at least 4 members (excludes halogenated alkanes) is 4. The Morgan fingerprint density at radius 2 is 1.76 bits per heavy atom. The zero-order chi connectivity index (χ0) is 24.3. The van der Waals surface area contributed by atoms with E-state index in [-0.39, 0.29) is 18.2 Å². The standard InChI is InChI=1S/C27H34N2O4S/c1-3-5-6-7-8-9-25(30)29-26(31)24(34-27(29)32)18-21-11-14-23(15-12-21)33-17-16-22-13-10-20(4-2)19-28-22/h10-15,19,31H,3-9,16-18H2,1-2H3. The monoisotopic (exact) mass is 482 g/mol. The van der Waals surface area contributed by atoms with Crippen LogP contribution in [0.3, 0.4) is 0 Å². The Bertz CT molecular complexity index is 1100. The topological polar surface area (TPSA) is 81.4 Å². The minimum Gasteiger partial charge on any atom is -0.493 e. The summed E-state index contributed by atoms with van der Waals surface area (Å²) >= 11 is 0.928. The highest BCUT2D eigenvalue weighted by Crippen LogP contribution is 2.25. The molecule has 34 heavy (non-hydrogen) atoms. The SMILES string of the molecule is CCCCCCCC(=O)n1c(O)c(Cc2ccc(OCCc3ccc(CC)cn3)cc2)sc1=O. The number of rotatable bonds is 13. The van der Waals surface area contributed by atoms with Crippen molar-refractivity contribution in [1.82, 2.24) is 9.55 Å². The van der Waals surface area contributed by atoms with Crippen molar-refractivity contribution in [1.29, 1.82) is 0 Å². The summed E-state index contributed by atoms with van der Waals surface area (Å²) in [5, 5.41) is 10.5. The lowest BCUT2D eigenvalue weighted by atomic mass is 10.1. The predicted octanol–water partition coefficient (Wildman–Crippen LogP) is 5.79. The summed E-state index contributed by atoms with van der Waals surface area (Å²) in [6, 6.07) is 11.7. The van der Waals surface area contributed by atoms with E-state index < -0.39 is 4.87 Å². The maximum atomic E-state index is 12.5. The van der Waals surface area contributed by atoms with Gasteiger partial charge in [0.15, 0.2) is 0 Å². The van der Waals surface area contributed by atoms with E-state index in [2.05, 4.69) is 24.9 Å². The molecule has 3 rings (SSSR count). The van der Waals surface area contributed by atoms with Crippen LogP contribution in [0.5, 0.6) is 11.6 Å². The second kappa shape index (κ2) is 13.1. The Balaban J connectivity index is 1.52. The van der Waals surface area contributed by atoms with Gasteiger partial charge < -0.3 is 9.84 Å². The zero-order valence-corrected chi connectivity index (χ0v) is 20.9. The lowest BCUT2D eigenvalue weighted by Gasteiger charge is -2.08. The number of benzene rings is 1. The second-order valence-electron chi connectivity index (χ2n) is 8.44. The first-order chi connectivity index (χ1) is 16.5. The van der Waals surface area contributed by atoms with Crippen molar-refractivity contribution in [2.75, 3.05) is 6.61 Å². The third kappa shape index (κ3) is 7.29. The van der Waals surface area contributed by atoms with Crippen molar-refractivity contribution in [3.05, 3.63) is 74.0 Å². The molecule has 0 radical (unpaired) electrons. The molecule has 0 amide bonds. The molecule has 1 N–H and O–H groups in total. The highest BCUT2D eigenvalue weighted by atomic mass is 32.1. The van der Waals surface area contributed by atoms with Crippen LogP contribution in [0, 0.1) is 0 Å². The Hall–Kier alpha value is -2.93. The van der Waals surface area contributed by atoms with Crippen LogP contribution in [-0.4, -0.2) is 27.2 Å². The van der Waals surface area contributed by atoms with Crippen LogP contribution in [0.4, 0.5) is 0 Å². The van der Waals surface area contributed by atoms with Crippen LogP contribution in [-0.2, 0) is 19.3 Å². The molecule has 0 saturated heterocycles. The lowest BCUT2D eigenvalue weighted by Crippen LogP contribution is -2.20. The lowest BCUT2D eigenvalue weighted by molar-refractivity contribution is 0.0886. The highest BCUT2D eigenvalue weighted by molar-refractivity contribution is 7.09. The quantitative estimate of drug-likeness (QED) is 0.312. The van der Waals surface area contributed by atoms with Gasteiger partial charge in [-0.25, -0.2) is 4.57 Å². The van der Waals surface area contributed by atoms with Gasteiger partial charge in [-0.2, -0.15) is 0 Å². The van der Waals surface area contributed by atoms with E-state index >= 15 is 0 Å². The normalized spacial score (nSPS) is 11.0. The number of hydrogen-bond donors (Lipinski definition) is 1. The fraction of sp³-hybridized carbons (Fsp3) is 0.444. The van der Waals surface area contributed by atoms with E-state index in [0.717, 1.165) is 77.9 Å². The highest BCUT2D eigenvalue weighted by Gasteiger charge is 2.19. The smallest absolute Gasteiger partial charge is 0.317 e. The van der Waals surface area contributed by atoms with Gasteiger partial charge in [0.1, 0.15) is 5.75 Å². The van der Waals surface area contributed by atoms with Crippen molar-refractivity contribution in [3.8, 4) is 11.6 Å². The Morgan fingerprint density at radius 3 is 2.44 bits per heavy atom. The Kier molecular flexibility index (Phi) is 9.89. The molecule has 1 aromatic carbocycles. The van der Waals surface area contributed by atoms with Crippen LogP contribution in [0.15, 0.2) is 47.4 Å². The molecule has 7 heteroatoms. The van der Waals surface area contributed by atoms with E-state index in [9.17, 15) is 14.7 Å². The van der Waals surface area contributed by atoms with Gasteiger partial charge in [-0.15, -0.1) is 0 Å². The van der Waals surface area contributed by atoms with E-state index in [1.807, 2.05) is 36.5 Å². The number of thiazole rings is 1. The van der Waals surface area contributed by atoms with Crippen LogP contribution in [0.2, 0.25) is 0 Å². The Labute approximate surface area is 205 Å². The van der Waals surface area contributed by atoms with Gasteiger partial charge in [-0.05, 0) is 42.2 Å². The molecule has 0 spiro atoms. The molecule has 2 aromatic heterocycles. The molecule has 0 aliphatic carbocycles. The van der Waals surface area contributed by atoms with Crippen molar-refractivity contribution < 1.29 is 14.6 Å². The zero-order valence-electron chi connectivity index (χ0n) is 20.1. The summed E-state index contributed by atoms with van der Waals surface area (Å²) < 4.78 is 6.76. The third-order valence-corrected chi connectivity index (χ3v) is 6.74. The van der Waals surface area contributed by atoms with Gasteiger partial charge in [0.25, 0.3) is 0 Å². The summed E-state index contributed by atoms with van der Waals surface area (Å²) in [7, 11) is 0. The average Bonchev–Trinajstić information content (AvgIpc) is 3.13. The number of aryl methyl sites for hydroxylation is 1. The van der Waals surface area contributed by atoms with Crippen molar-refractivity contribution in [2.24, 2.45) is 0 Å².